The van der Waals surface area contributed by atoms with Crippen LogP contribution < -0.4 is 0 Å². The molecule has 4 nitrogen and oxygen atoms in total. The summed E-state index contributed by atoms with van der Waals surface area (Å²) in [5.41, 5.74) is 2.67. The second-order valence-electron chi connectivity index (χ2n) is 6.91. The summed E-state index contributed by atoms with van der Waals surface area (Å²) in [7, 11) is 0. The van der Waals surface area contributed by atoms with Gasteiger partial charge in [0.1, 0.15) is 0 Å². The second kappa shape index (κ2) is 9.56. The molecule has 0 N–H and O–H groups in total. The third-order valence-corrected chi connectivity index (χ3v) is 4.67. The lowest BCUT2D eigenvalue weighted by molar-refractivity contribution is 0.325. The lowest BCUT2D eigenvalue weighted by Gasteiger charge is -2.22. The van der Waals surface area contributed by atoms with Crippen LogP contribution in [0.2, 0.25) is 0 Å². The first kappa shape index (κ1) is 18.7. The van der Waals surface area contributed by atoms with Crippen LogP contribution in [-0.2, 0) is 13.1 Å². The molecule has 0 spiro atoms. The number of unbranched alkanes of at least 4 members (excludes halogenated alkanes) is 2. The molecule has 0 atom stereocenters. The van der Waals surface area contributed by atoms with Crippen LogP contribution in [0.3, 0.4) is 0 Å². The van der Waals surface area contributed by atoms with Crippen molar-refractivity contribution in [1.82, 2.24) is 19.6 Å². The van der Waals surface area contributed by atoms with E-state index in [-0.39, 0.29) is 0 Å². The van der Waals surface area contributed by atoms with Gasteiger partial charge >= 0.3 is 0 Å². The van der Waals surface area contributed by atoms with Crippen molar-refractivity contribution in [1.29, 1.82) is 0 Å². The van der Waals surface area contributed by atoms with Gasteiger partial charge in [0.05, 0.1) is 0 Å². The molecule has 4 radical (unpaired) electrons. The molecule has 2 aliphatic heterocycles. The Kier molecular flexibility index (Phi) is 6.87. The predicted octanol–water partition coefficient (Wildman–Crippen LogP) is 4.46. The molecule has 4 heteroatoms. The van der Waals surface area contributed by atoms with E-state index in [0.717, 1.165) is 26.2 Å². The van der Waals surface area contributed by atoms with E-state index < -0.39 is 0 Å². The molecule has 0 amide bonds. The topological polar surface area (TPSA) is 13.0 Å². The SMILES string of the molecule is CCCCN1[C]N(Cc2ccccc2CN2[C]N(CCCC)C=C2)C=C1. The van der Waals surface area contributed by atoms with Gasteiger partial charge in [-0.15, -0.1) is 0 Å². The molecule has 0 fully saturated rings. The Bertz CT molecular complexity index is 557. The molecule has 0 aromatic heterocycles. The van der Waals surface area contributed by atoms with E-state index in [4.69, 9.17) is 0 Å². The largest absolute Gasteiger partial charge is 0.346 e. The minimum absolute atomic E-state index is 0.854. The fourth-order valence-corrected chi connectivity index (χ4v) is 3.10. The average molecular weight is 351 g/mol. The van der Waals surface area contributed by atoms with E-state index >= 15 is 0 Å². The van der Waals surface area contributed by atoms with E-state index in [1.807, 2.05) is 0 Å². The highest BCUT2D eigenvalue weighted by molar-refractivity contribution is 5.28. The zero-order valence-corrected chi connectivity index (χ0v) is 16.1. The van der Waals surface area contributed by atoms with E-state index in [2.05, 4.69) is 95.8 Å². The van der Waals surface area contributed by atoms with Gasteiger partial charge in [0.2, 0.25) is 13.3 Å². The lowest BCUT2D eigenvalue weighted by Crippen LogP contribution is -2.22. The highest BCUT2D eigenvalue weighted by Crippen LogP contribution is 2.22. The molecule has 138 valence electrons. The van der Waals surface area contributed by atoms with Gasteiger partial charge in [-0.2, -0.15) is 0 Å². The van der Waals surface area contributed by atoms with Crippen LogP contribution in [0, 0.1) is 13.3 Å². The van der Waals surface area contributed by atoms with E-state index in [9.17, 15) is 0 Å². The quantitative estimate of drug-likeness (QED) is 0.618. The van der Waals surface area contributed by atoms with Crippen molar-refractivity contribution >= 4 is 0 Å². The second-order valence-corrected chi connectivity index (χ2v) is 6.91. The van der Waals surface area contributed by atoms with Gasteiger partial charge in [-0.1, -0.05) is 51.0 Å². The molecule has 2 aliphatic rings. The van der Waals surface area contributed by atoms with Crippen LogP contribution in [0.5, 0.6) is 0 Å². The van der Waals surface area contributed by atoms with Gasteiger partial charge in [-0.3, -0.25) is 0 Å². The summed E-state index contributed by atoms with van der Waals surface area (Å²) in [4.78, 5) is 8.61. The maximum atomic E-state index is 3.43. The van der Waals surface area contributed by atoms with Crippen molar-refractivity contribution in [2.75, 3.05) is 13.1 Å². The van der Waals surface area contributed by atoms with Gasteiger partial charge < -0.3 is 19.6 Å². The lowest BCUT2D eigenvalue weighted by atomic mass is 10.1. The van der Waals surface area contributed by atoms with Crippen molar-refractivity contribution in [3.8, 4) is 0 Å². The van der Waals surface area contributed by atoms with Crippen molar-refractivity contribution in [3.05, 3.63) is 73.5 Å². The van der Waals surface area contributed by atoms with Crippen LogP contribution in [0.1, 0.15) is 50.7 Å². The molecule has 26 heavy (non-hydrogen) atoms. The molecule has 0 unspecified atom stereocenters. The van der Waals surface area contributed by atoms with Gasteiger partial charge in [-0.05, 0) is 24.0 Å². The number of benzene rings is 1. The van der Waals surface area contributed by atoms with Gasteiger partial charge in [0, 0.05) is 51.0 Å². The number of nitrogens with zero attached hydrogens (tertiary/aromatic N) is 4. The molecule has 0 bridgehead atoms. The minimum Gasteiger partial charge on any atom is -0.346 e. The van der Waals surface area contributed by atoms with E-state index in [0.29, 0.717) is 0 Å². The van der Waals surface area contributed by atoms with Crippen LogP contribution in [0.15, 0.2) is 49.1 Å². The fourth-order valence-electron chi connectivity index (χ4n) is 3.10. The van der Waals surface area contributed by atoms with Gasteiger partial charge in [0.25, 0.3) is 0 Å². The molecule has 1 aromatic rings. The van der Waals surface area contributed by atoms with Crippen LogP contribution in [-0.4, -0.2) is 32.7 Å². The van der Waals surface area contributed by atoms with E-state index in [1.165, 1.54) is 36.8 Å². The summed E-state index contributed by atoms with van der Waals surface area (Å²) in [5, 5.41) is 0. The van der Waals surface area contributed by atoms with Crippen LogP contribution in [0.4, 0.5) is 0 Å². The highest BCUT2D eigenvalue weighted by atomic mass is 15.3. The summed E-state index contributed by atoms with van der Waals surface area (Å²) in [5.74, 6) is 0. The number of rotatable bonds is 10. The number of hydrogen-bond acceptors (Lipinski definition) is 4. The summed E-state index contributed by atoms with van der Waals surface area (Å²) >= 11 is 0. The smallest absolute Gasteiger partial charge is 0.208 e. The maximum Gasteiger partial charge on any atom is 0.208 e. The van der Waals surface area contributed by atoms with E-state index in [1.54, 1.807) is 0 Å². The Labute approximate surface area is 159 Å². The predicted molar refractivity (Wildman–Crippen MR) is 106 cm³/mol. The molecule has 0 aliphatic carbocycles. The Morgan fingerprint density at radius 2 is 1.08 bits per heavy atom. The normalized spacial score (nSPS) is 16.4. The van der Waals surface area contributed by atoms with Crippen molar-refractivity contribution in [2.45, 2.75) is 52.6 Å². The molecule has 1 aromatic carbocycles. The summed E-state index contributed by atoms with van der Waals surface area (Å²) in [6.45, 7) is 15.1. The highest BCUT2D eigenvalue weighted by Gasteiger charge is 2.18. The van der Waals surface area contributed by atoms with Gasteiger partial charge in [0.15, 0.2) is 0 Å². The molecule has 0 saturated heterocycles. The molecule has 2 heterocycles. The first-order valence-electron chi connectivity index (χ1n) is 9.81. The zero-order valence-electron chi connectivity index (χ0n) is 16.1. The van der Waals surface area contributed by atoms with Crippen molar-refractivity contribution < 1.29 is 0 Å². The molecule has 3 rings (SSSR count). The monoisotopic (exact) mass is 350 g/mol. The standard InChI is InChI=1S/C22H30N4/c1-3-5-11-23-13-15-25(19-23)17-21-9-7-8-10-22(21)18-26-16-14-24(20-26)12-6-4-2/h7-10,13-16H,3-6,11-12,17-18H2,1-2H3. The molecule has 0 saturated carbocycles. The maximum absolute atomic E-state index is 3.43. The molecular weight excluding hydrogens is 320 g/mol. The van der Waals surface area contributed by atoms with Crippen molar-refractivity contribution in [2.24, 2.45) is 0 Å². The van der Waals surface area contributed by atoms with Crippen LogP contribution >= 0.6 is 0 Å². The Hall–Kier alpha value is -2.10. The third-order valence-electron chi connectivity index (χ3n) is 4.67. The Morgan fingerprint density at radius 1 is 0.654 bits per heavy atom. The fraction of sp³-hybridized carbons (Fsp3) is 0.455. The minimum atomic E-state index is 0.854. The summed E-state index contributed by atoms with van der Waals surface area (Å²) in [6, 6.07) is 8.67. The van der Waals surface area contributed by atoms with Gasteiger partial charge in [-0.25, -0.2) is 0 Å². The first-order valence-corrected chi connectivity index (χ1v) is 9.81. The Balaban J connectivity index is 1.53. The summed E-state index contributed by atoms with van der Waals surface area (Å²) in [6.07, 6.45) is 13.3. The Morgan fingerprint density at radius 3 is 1.50 bits per heavy atom. The van der Waals surface area contributed by atoms with Crippen LogP contribution in [0.25, 0.3) is 0 Å². The molecular formula is C22H30N4. The summed E-state index contributed by atoms with van der Waals surface area (Å²) < 4.78 is 0. The number of hydrogen-bond donors (Lipinski definition) is 0. The van der Waals surface area contributed by atoms with Crippen molar-refractivity contribution in [3.63, 3.8) is 0 Å². The third kappa shape index (κ3) is 5.20. The average Bonchev–Trinajstić information content (AvgIpc) is 3.29. The first-order chi connectivity index (χ1) is 12.8. The zero-order chi connectivity index (χ0) is 18.2.